The van der Waals surface area contributed by atoms with Crippen molar-refractivity contribution in [3.05, 3.63) is 35.4 Å². The molecule has 0 fully saturated rings. The van der Waals surface area contributed by atoms with Crippen molar-refractivity contribution in [2.24, 2.45) is 5.92 Å². The van der Waals surface area contributed by atoms with Crippen LogP contribution in [0.3, 0.4) is 0 Å². The van der Waals surface area contributed by atoms with Crippen LogP contribution >= 0.6 is 0 Å². The second-order valence-electron chi connectivity index (χ2n) is 5.06. The van der Waals surface area contributed by atoms with Crippen LogP contribution in [-0.4, -0.2) is 10.7 Å². The standard InChI is InChI=1S/C14H20O/c1-3-11(2)8-14(15)9-12-6-4-5-7-13(12)10-14/h4-7,11,15H,3,8-10H2,1-2H3. The Kier molecular flexibility index (Phi) is 2.83. The molecule has 15 heavy (non-hydrogen) atoms. The maximum Gasteiger partial charge on any atom is 0.0730 e. The van der Waals surface area contributed by atoms with Crippen molar-refractivity contribution in [3.63, 3.8) is 0 Å². The highest BCUT2D eigenvalue weighted by Gasteiger charge is 2.35. The number of fused-ring (bicyclic) bond motifs is 1. The highest BCUT2D eigenvalue weighted by atomic mass is 16.3. The molecule has 1 aliphatic carbocycles. The summed E-state index contributed by atoms with van der Waals surface area (Å²) in [6.07, 6.45) is 3.76. The maximum atomic E-state index is 10.5. The lowest BCUT2D eigenvalue weighted by atomic mass is 9.88. The van der Waals surface area contributed by atoms with Crippen LogP contribution in [0, 0.1) is 5.92 Å². The van der Waals surface area contributed by atoms with Crippen LogP contribution in [0.4, 0.5) is 0 Å². The topological polar surface area (TPSA) is 20.2 Å². The molecule has 1 aromatic rings. The molecule has 0 spiro atoms. The van der Waals surface area contributed by atoms with Crippen molar-refractivity contribution in [2.45, 2.75) is 45.1 Å². The summed E-state index contributed by atoms with van der Waals surface area (Å²) in [7, 11) is 0. The fourth-order valence-electron chi connectivity index (χ4n) is 2.61. The van der Waals surface area contributed by atoms with E-state index in [1.807, 2.05) is 0 Å². The molecule has 0 radical (unpaired) electrons. The smallest absolute Gasteiger partial charge is 0.0730 e. The van der Waals surface area contributed by atoms with Gasteiger partial charge < -0.3 is 5.11 Å². The van der Waals surface area contributed by atoms with E-state index >= 15 is 0 Å². The molecule has 1 unspecified atom stereocenters. The molecule has 0 aliphatic heterocycles. The van der Waals surface area contributed by atoms with E-state index in [9.17, 15) is 5.11 Å². The van der Waals surface area contributed by atoms with Crippen LogP contribution in [0.15, 0.2) is 24.3 Å². The van der Waals surface area contributed by atoms with Gasteiger partial charge in [-0.3, -0.25) is 0 Å². The number of benzene rings is 1. The molecule has 1 nitrogen and oxygen atoms in total. The van der Waals surface area contributed by atoms with E-state index in [2.05, 4.69) is 38.1 Å². The molecule has 0 bridgehead atoms. The van der Waals surface area contributed by atoms with E-state index in [0.29, 0.717) is 5.92 Å². The van der Waals surface area contributed by atoms with Crippen molar-refractivity contribution < 1.29 is 5.11 Å². The first-order chi connectivity index (χ1) is 7.13. The Bertz CT molecular complexity index is 318. The predicted molar refractivity (Wildman–Crippen MR) is 62.9 cm³/mol. The highest BCUT2D eigenvalue weighted by Crippen LogP contribution is 2.34. The highest BCUT2D eigenvalue weighted by molar-refractivity contribution is 5.35. The second-order valence-corrected chi connectivity index (χ2v) is 5.06. The van der Waals surface area contributed by atoms with Gasteiger partial charge in [-0.1, -0.05) is 44.5 Å². The van der Waals surface area contributed by atoms with E-state index in [4.69, 9.17) is 0 Å². The fourth-order valence-corrected chi connectivity index (χ4v) is 2.61. The summed E-state index contributed by atoms with van der Waals surface area (Å²) < 4.78 is 0. The van der Waals surface area contributed by atoms with E-state index < -0.39 is 5.60 Å². The van der Waals surface area contributed by atoms with Crippen LogP contribution in [0.5, 0.6) is 0 Å². The monoisotopic (exact) mass is 204 g/mol. The first-order valence-electron chi connectivity index (χ1n) is 5.92. The summed E-state index contributed by atoms with van der Waals surface area (Å²) in [6.45, 7) is 4.41. The summed E-state index contributed by atoms with van der Waals surface area (Å²) in [5.74, 6) is 0.615. The molecule has 2 rings (SSSR count). The molecule has 1 aromatic carbocycles. The molecule has 0 saturated carbocycles. The second kappa shape index (κ2) is 3.97. The fraction of sp³-hybridized carbons (Fsp3) is 0.571. The average molecular weight is 204 g/mol. The largest absolute Gasteiger partial charge is 0.389 e. The number of hydrogen-bond donors (Lipinski definition) is 1. The molecular formula is C14H20O. The zero-order valence-corrected chi connectivity index (χ0v) is 9.66. The normalized spacial score (nSPS) is 19.9. The summed E-state index contributed by atoms with van der Waals surface area (Å²) in [5.41, 5.74) is 2.20. The third kappa shape index (κ3) is 2.23. The predicted octanol–water partition coefficient (Wildman–Crippen LogP) is 2.95. The van der Waals surface area contributed by atoms with Gasteiger partial charge in [-0.2, -0.15) is 0 Å². The summed E-state index contributed by atoms with van der Waals surface area (Å²) in [5, 5.41) is 10.5. The average Bonchev–Trinajstić information content (AvgIpc) is 2.53. The zero-order valence-electron chi connectivity index (χ0n) is 9.66. The van der Waals surface area contributed by atoms with Crippen molar-refractivity contribution >= 4 is 0 Å². The van der Waals surface area contributed by atoms with Crippen LogP contribution in [-0.2, 0) is 12.8 Å². The lowest BCUT2D eigenvalue weighted by molar-refractivity contribution is 0.0274. The third-order valence-electron chi connectivity index (χ3n) is 3.58. The minimum atomic E-state index is -0.473. The molecular weight excluding hydrogens is 184 g/mol. The summed E-state index contributed by atoms with van der Waals surface area (Å²) in [6, 6.07) is 8.41. The van der Waals surface area contributed by atoms with Crippen molar-refractivity contribution in [1.82, 2.24) is 0 Å². The Labute approximate surface area is 92.1 Å². The molecule has 0 saturated heterocycles. The maximum absolute atomic E-state index is 10.5. The molecule has 1 atom stereocenters. The van der Waals surface area contributed by atoms with E-state index in [1.54, 1.807) is 0 Å². The minimum absolute atomic E-state index is 0.473. The van der Waals surface area contributed by atoms with Gasteiger partial charge in [-0.15, -0.1) is 0 Å². The minimum Gasteiger partial charge on any atom is -0.389 e. The van der Waals surface area contributed by atoms with Crippen LogP contribution < -0.4 is 0 Å². The lowest BCUT2D eigenvalue weighted by Crippen LogP contribution is -2.31. The Morgan fingerprint density at radius 1 is 1.27 bits per heavy atom. The molecule has 1 aliphatic rings. The molecule has 0 amide bonds. The van der Waals surface area contributed by atoms with Crippen LogP contribution in [0.2, 0.25) is 0 Å². The Hall–Kier alpha value is -0.820. The Morgan fingerprint density at radius 3 is 2.27 bits per heavy atom. The van der Waals surface area contributed by atoms with Gasteiger partial charge in [-0.25, -0.2) is 0 Å². The van der Waals surface area contributed by atoms with Gasteiger partial charge >= 0.3 is 0 Å². The van der Waals surface area contributed by atoms with E-state index in [0.717, 1.165) is 25.7 Å². The number of aliphatic hydroxyl groups is 1. The van der Waals surface area contributed by atoms with Crippen molar-refractivity contribution in [3.8, 4) is 0 Å². The van der Waals surface area contributed by atoms with Gasteiger partial charge in [0.05, 0.1) is 5.60 Å². The Morgan fingerprint density at radius 2 is 1.80 bits per heavy atom. The quantitative estimate of drug-likeness (QED) is 0.802. The molecule has 1 N–H and O–H groups in total. The van der Waals surface area contributed by atoms with E-state index in [-0.39, 0.29) is 0 Å². The number of rotatable bonds is 3. The van der Waals surface area contributed by atoms with Crippen LogP contribution in [0.25, 0.3) is 0 Å². The van der Waals surface area contributed by atoms with Crippen LogP contribution in [0.1, 0.15) is 37.8 Å². The van der Waals surface area contributed by atoms with Gasteiger partial charge in [-0.05, 0) is 23.5 Å². The van der Waals surface area contributed by atoms with Gasteiger partial charge in [0.25, 0.3) is 0 Å². The van der Waals surface area contributed by atoms with Gasteiger partial charge in [0.2, 0.25) is 0 Å². The third-order valence-corrected chi connectivity index (χ3v) is 3.58. The molecule has 82 valence electrons. The molecule has 1 heteroatoms. The Balaban J connectivity index is 2.11. The first-order valence-corrected chi connectivity index (χ1v) is 5.92. The van der Waals surface area contributed by atoms with Gasteiger partial charge in [0.1, 0.15) is 0 Å². The molecule has 0 heterocycles. The van der Waals surface area contributed by atoms with Gasteiger partial charge in [0.15, 0.2) is 0 Å². The number of hydrogen-bond acceptors (Lipinski definition) is 1. The van der Waals surface area contributed by atoms with E-state index in [1.165, 1.54) is 11.1 Å². The SMILES string of the molecule is CCC(C)CC1(O)Cc2ccccc2C1. The summed E-state index contributed by atoms with van der Waals surface area (Å²) in [4.78, 5) is 0. The van der Waals surface area contributed by atoms with Crippen molar-refractivity contribution in [2.75, 3.05) is 0 Å². The zero-order chi connectivity index (χ0) is 10.9. The van der Waals surface area contributed by atoms with Crippen molar-refractivity contribution in [1.29, 1.82) is 0 Å². The summed E-state index contributed by atoms with van der Waals surface area (Å²) >= 11 is 0. The lowest BCUT2D eigenvalue weighted by Gasteiger charge is -2.25. The first kappa shape index (κ1) is 10.7. The molecule has 0 aromatic heterocycles. The van der Waals surface area contributed by atoms with Gasteiger partial charge in [0, 0.05) is 12.8 Å².